The number of anilines is 1. The SMILES string of the molecule is CCCn1cc(S(=O)(=O)NCCC(O)CC)c(N)n1. The lowest BCUT2D eigenvalue weighted by Crippen LogP contribution is -2.27. The Labute approximate surface area is 113 Å². The van der Waals surface area contributed by atoms with Crippen LogP contribution in [0.15, 0.2) is 11.1 Å². The van der Waals surface area contributed by atoms with E-state index in [9.17, 15) is 13.5 Å². The van der Waals surface area contributed by atoms with E-state index in [0.29, 0.717) is 19.4 Å². The van der Waals surface area contributed by atoms with Crippen molar-refractivity contribution in [3.8, 4) is 0 Å². The van der Waals surface area contributed by atoms with Gasteiger partial charge in [-0.25, -0.2) is 13.1 Å². The van der Waals surface area contributed by atoms with Crippen molar-refractivity contribution in [2.75, 3.05) is 12.3 Å². The molecule has 0 radical (unpaired) electrons. The van der Waals surface area contributed by atoms with Gasteiger partial charge in [-0.3, -0.25) is 4.68 Å². The summed E-state index contributed by atoms with van der Waals surface area (Å²) in [7, 11) is -3.66. The van der Waals surface area contributed by atoms with E-state index in [1.54, 1.807) is 0 Å². The monoisotopic (exact) mass is 290 g/mol. The highest BCUT2D eigenvalue weighted by Gasteiger charge is 2.20. The number of nitrogen functional groups attached to an aromatic ring is 1. The zero-order chi connectivity index (χ0) is 14.5. The number of aliphatic hydroxyl groups excluding tert-OH is 1. The molecule has 4 N–H and O–H groups in total. The fraction of sp³-hybridized carbons (Fsp3) is 0.727. The van der Waals surface area contributed by atoms with Gasteiger partial charge in [-0.05, 0) is 19.3 Å². The molecule has 0 spiro atoms. The molecule has 1 unspecified atom stereocenters. The van der Waals surface area contributed by atoms with Crippen LogP contribution in [0.3, 0.4) is 0 Å². The summed E-state index contributed by atoms with van der Waals surface area (Å²) in [6.07, 6.45) is 2.74. The first-order chi connectivity index (χ1) is 8.90. The maximum atomic E-state index is 12.0. The van der Waals surface area contributed by atoms with Crippen molar-refractivity contribution in [2.45, 2.75) is 50.7 Å². The second-order valence-electron chi connectivity index (χ2n) is 4.39. The van der Waals surface area contributed by atoms with Crippen LogP contribution in [0.2, 0.25) is 0 Å². The minimum atomic E-state index is -3.66. The van der Waals surface area contributed by atoms with Crippen molar-refractivity contribution in [1.29, 1.82) is 0 Å². The van der Waals surface area contributed by atoms with Crippen molar-refractivity contribution < 1.29 is 13.5 Å². The van der Waals surface area contributed by atoms with Gasteiger partial charge in [-0.2, -0.15) is 5.10 Å². The fourth-order valence-electron chi connectivity index (χ4n) is 1.61. The second kappa shape index (κ2) is 6.88. The molecule has 0 aromatic carbocycles. The summed E-state index contributed by atoms with van der Waals surface area (Å²) >= 11 is 0. The first-order valence-electron chi connectivity index (χ1n) is 6.41. The molecule has 0 aliphatic heterocycles. The Hall–Kier alpha value is -1.12. The average Bonchev–Trinajstić information content (AvgIpc) is 2.71. The lowest BCUT2D eigenvalue weighted by atomic mass is 10.2. The third-order valence-electron chi connectivity index (χ3n) is 2.74. The summed E-state index contributed by atoms with van der Waals surface area (Å²) in [5, 5.41) is 13.3. The van der Waals surface area contributed by atoms with Crippen LogP contribution in [0.25, 0.3) is 0 Å². The Morgan fingerprint density at radius 2 is 2.21 bits per heavy atom. The molecular formula is C11H22N4O3S. The molecule has 7 nitrogen and oxygen atoms in total. The third-order valence-corrected chi connectivity index (χ3v) is 4.22. The zero-order valence-corrected chi connectivity index (χ0v) is 12.2. The number of nitrogens with two attached hydrogens (primary N) is 1. The number of rotatable bonds is 8. The smallest absolute Gasteiger partial charge is 0.245 e. The molecule has 19 heavy (non-hydrogen) atoms. The summed E-state index contributed by atoms with van der Waals surface area (Å²) < 4.78 is 28.0. The first-order valence-corrected chi connectivity index (χ1v) is 7.89. The maximum Gasteiger partial charge on any atom is 0.245 e. The van der Waals surface area contributed by atoms with Gasteiger partial charge in [0.05, 0.1) is 6.10 Å². The van der Waals surface area contributed by atoms with Crippen LogP contribution in [0.4, 0.5) is 5.82 Å². The molecule has 1 atom stereocenters. The van der Waals surface area contributed by atoms with Gasteiger partial charge in [0, 0.05) is 19.3 Å². The predicted molar refractivity (Wildman–Crippen MR) is 73.0 cm³/mol. The zero-order valence-electron chi connectivity index (χ0n) is 11.3. The summed E-state index contributed by atoms with van der Waals surface area (Å²) in [6, 6.07) is 0. The minimum Gasteiger partial charge on any atom is -0.393 e. The number of hydrogen-bond donors (Lipinski definition) is 3. The van der Waals surface area contributed by atoms with Crippen molar-refractivity contribution in [3.63, 3.8) is 0 Å². The number of aryl methyl sites for hydroxylation is 1. The Morgan fingerprint density at radius 3 is 2.79 bits per heavy atom. The third kappa shape index (κ3) is 4.48. The van der Waals surface area contributed by atoms with Crippen LogP contribution in [0.5, 0.6) is 0 Å². The van der Waals surface area contributed by atoms with E-state index in [2.05, 4.69) is 9.82 Å². The molecule has 0 aliphatic rings. The van der Waals surface area contributed by atoms with Gasteiger partial charge < -0.3 is 10.8 Å². The Bertz CT molecular complexity index is 498. The lowest BCUT2D eigenvalue weighted by molar-refractivity contribution is 0.162. The standard InChI is InChI=1S/C11H22N4O3S/c1-3-7-15-8-10(11(12)14-15)19(17,18)13-6-5-9(16)4-2/h8-9,13,16H,3-7H2,1-2H3,(H2,12,14). The van der Waals surface area contributed by atoms with Crippen molar-refractivity contribution >= 4 is 15.8 Å². The molecular weight excluding hydrogens is 268 g/mol. The number of aromatic nitrogens is 2. The van der Waals surface area contributed by atoms with Crippen LogP contribution in [-0.2, 0) is 16.6 Å². The highest BCUT2D eigenvalue weighted by molar-refractivity contribution is 7.89. The minimum absolute atomic E-state index is 0.00279. The highest BCUT2D eigenvalue weighted by atomic mass is 32.2. The van der Waals surface area contributed by atoms with Gasteiger partial charge in [0.25, 0.3) is 0 Å². The first kappa shape index (κ1) is 15.9. The van der Waals surface area contributed by atoms with Gasteiger partial charge >= 0.3 is 0 Å². The molecule has 0 saturated carbocycles. The van der Waals surface area contributed by atoms with Crippen LogP contribution in [-0.4, -0.2) is 36.0 Å². The second-order valence-corrected chi connectivity index (χ2v) is 6.13. The van der Waals surface area contributed by atoms with Gasteiger partial charge in [0.2, 0.25) is 10.0 Å². The Morgan fingerprint density at radius 1 is 1.53 bits per heavy atom. The van der Waals surface area contributed by atoms with Gasteiger partial charge in [-0.1, -0.05) is 13.8 Å². The summed E-state index contributed by atoms with van der Waals surface area (Å²) in [5.74, 6) is -0.00279. The van der Waals surface area contributed by atoms with Crippen LogP contribution < -0.4 is 10.5 Å². The number of hydrogen-bond acceptors (Lipinski definition) is 5. The van der Waals surface area contributed by atoms with E-state index < -0.39 is 16.1 Å². The van der Waals surface area contributed by atoms with E-state index >= 15 is 0 Å². The van der Waals surface area contributed by atoms with E-state index in [4.69, 9.17) is 5.73 Å². The molecule has 1 rings (SSSR count). The van der Waals surface area contributed by atoms with Crippen molar-refractivity contribution in [1.82, 2.24) is 14.5 Å². The molecule has 1 heterocycles. The molecule has 0 fully saturated rings. The van der Waals surface area contributed by atoms with E-state index in [0.717, 1.165) is 6.42 Å². The number of nitrogens with zero attached hydrogens (tertiary/aromatic N) is 2. The summed E-state index contributed by atoms with van der Waals surface area (Å²) in [4.78, 5) is -0.00746. The Balaban J connectivity index is 2.71. The molecule has 0 saturated heterocycles. The quantitative estimate of drug-likeness (QED) is 0.638. The topological polar surface area (TPSA) is 110 Å². The van der Waals surface area contributed by atoms with E-state index in [-0.39, 0.29) is 17.3 Å². The van der Waals surface area contributed by atoms with Gasteiger partial charge in [0.1, 0.15) is 4.90 Å². The number of aliphatic hydroxyl groups is 1. The largest absolute Gasteiger partial charge is 0.393 e. The van der Waals surface area contributed by atoms with E-state index in [1.807, 2.05) is 13.8 Å². The molecule has 110 valence electrons. The highest BCUT2D eigenvalue weighted by Crippen LogP contribution is 2.16. The van der Waals surface area contributed by atoms with Crippen LogP contribution >= 0.6 is 0 Å². The normalized spacial score (nSPS) is 13.6. The molecule has 0 aliphatic carbocycles. The number of sulfonamides is 1. The number of nitrogens with one attached hydrogen (secondary N) is 1. The fourth-order valence-corrected chi connectivity index (χ4v) is 2.73. The average molecular weight is 290 g/mol. The molecule has 8 heteroatoms. The van der Waals surface area contributed by atoms with Crippen LogP contribution in [0, 0.1) is 0 Å². The van der Waals surface area contributed by atoms with Gasteiger partial charge in [-0.15, -0.1) is 0 Å². The molecule has 0 amide bonds. The molecule has 1 aromatic rings. The molecule has 1 aromatic heterocycles. The lowest BCUT2D eigenvalue weighted by Gasteiger charge is -2.08. The van der Waals surface area contributed by atoms with Crippen molar-refractivity contribution in [3.05, 3.63) is 6.20 Å². The van der Waals surface area contributed by atoms with Crippen molar-refractivity contribution in [2.24, 2.45) is 0 Å². The van der Waals surface area contributed by atoms with E-state index in [1.165, 1.54) is 10.9 Å². The summed E-state index contributed by atoms with van der Waals surface area (Å²) in [5.41, 5.74) is 5.61. The van der Waals surface area contributed by atoms with Gasteiger partial charge in [0.15, 0.2) is 5.82 Å². The Kier molecular flexibility index (Phi) is 5.77. The summed E-state index contributed by atoms with van der Waals surface area (Å²) in [6.45, 7) is 4.60. The molecule has 0 bridgehead atoms. The maximum absolute atomic E-state index is 12.0. The predicted octanol–water partition coefficient (Wildman–Crippen LogP) is 0.315. The van der Waals surface area contributed by atoms with Crippen LogP contribution in [0.1, 0.15) is 33.1 Å².